The minimum atomic E-state index is -4.92. The first-order valence-corrected chi connectivity index (χ1v) is 12.4. The van der Waals surface area contributed by atoms with Crippen LogP contribution in [0, 0.1) is 34.5 Å². The Labute approximate surface area is 210 Å². The minimum Gasteiger partial charge on any atom is -0.326 e. The Balaban J connectivity index is 1.41. The number of carbonyl (C=O) groups is 2. The van der Waals surface area contributed by atoms with Crippen molar-refractivity contribution in [2.75, 3.05) is 5.32 Å². The summed E-state index contributed by atoms with van der Waals surface area (Å²) < 4.78 is 80.3. The van der Waals surface area contributed by atoms with Gasteiger partial charge in [-0.1, -0.05) is 26.0 Å². The van der Waals surface area contributed by atoms with Crippen LogP contribution in [0.2, 0.25) is 0 Å². The number of hydrogen-bond acceptors (Lipinski definition) is 2. The molecule has 4 nitrogen and oxygen atoms in total. The number of carbonyl (C=O) groups excluding carboxylic acids is 2. The molecule has 0 unspecified atom stereocenters. The van der Waals surface area contributed by atoms with E-state index in [0.717, 1.165) is 18.5 Å². The van der Waals surface area contributed by atoms with Gasteiger partial charge in [0.2, 0.25) is 11.8 Å². The van der Waals surface area contributed by atoms with Crippen LogP contribution in [0.4, 0.5) is 32.0 Å². The summed E-state index contributed by atoms with van der Waals surface area (Å²) in [6, 6.07) is 1.11. The van der Waals surface area contributed by atoms with Crippen LogP contribution in [-0.2, 0) is 21.9 Å². The van der Waals surface area contributed by atoms with Gasteiger partial charge in [-0.05, 0) is 73.5 Å². The van der Waals surface area contributed by atoms with Crippen LogP contribution in [0.5, 0.6) is 0 Å². The van der Waals surface area contributed by atoms with Crippen molar-refractivity contribution in [2.24, 2.45) is 34.5 Å². The highest BCUT2D eigenvalue weighted by molar-refractivity contribution is 5.94. The number of rotatable bonds is 2. The number of amides is 2. The zero-order valence-electron chi connectivity index (χ0n) is 20.4. The Morgan fingerprint density at radius 3 is 2.43 bits per heavy atom. The standard InChI is InChI=1S/C27H28F6N2O2/c1-24-11-9-17-15(4-8-21-25(17,2)12-10-22(36)35-21)16(24)6-7-19(24)23(37)34-20-13-14(26(28,29)30)3-5-18(20)27(31,32)33/h3,5,8,10,12-13,15-17,19H,4,6-7,9,11H2,1-2H3,(H,34,37)(H,35,36)/t15-,16-,17-,19+,24-,25+/m0/s1. The summed E-state index contributed by atoms with van der Waals surface area (Å²) in [7, 11) is 0. The number of anilines is 1. The minimum absolute atomic E-state index is 0.131. The van der Waals surface area contributed by atoms with Gasteiger partial charge in [0.1, 0.15) is 0 Å². The van der Waals surface area contributed by atoms with Gasteiger partial charge in [0.05, 0.1) is 16.8 Å². The molecule has 2 fully saturated rings. The van der Waals surface area contributed by atoms with Gasteiger partial charge < -0.3 is 10.6 Å². The second-order valence-electron chi connectivity index (χ2n) is 11.3. The topological polar surface area (TPSA) is 58.2 Å². The molecule has 37 heavy (non-hydrogen) atoms. The van der Waals surface area contributed by atoms with Gasteiger partial charge >= 0.3 is 12.4 Å². The van der Waals surface area contributed by atoms with Crippen LogP contribution in [0.1, 0.15) is 57.1 Å². The highest BCUT2D eigenvalue weighted by Crippen LogP contribution is 2.64. The van der Waals surface area contributed by atoms with Crippen molar-refractivity contribution in [2.45, 2.75) is 58.3 Å². The molecule has 6 atom stereocenters. The summed E-state index contributed by atoms with van der Waals surface area (Å²) in [6.45, 7) is 4.09. The summed E-state index contributed by atoms with van der Waals surface area (Å²) >= 11 is 0. The van der Waals surface area contributed by atoms with Crippen molar-refractivity contribution in [1.29, 1.82) is 0 Å². The third-order valence-electron chi connectivity index (χ3n) is 9.45. The van der Waals surface area contributed by atoms with Crippen molar-refractivity contribution < 1.29 is 35.9 Å². The number of nitrogens with one attached hydrogen (secondary N) is 2. The average molecular weight is 527 g/mol. The van der Waals surface area contributed by atoms with Crippen molar-refractivity contribution in [3.05, 3.63) is 53.3 Å². The summed E-state index contributed by atoms with van der Waals surface area (Å²) in [6.07, 6.45) is -0.905. The van der Waals surface area contributed by atoms with Crippen molar-refractivity contribution in [3.63, 3.8) is 0 Å². The molecule has 2 saturated carbocycles. The fourth-order valence-corrected chi connectivity index (χ4v) is 7.58. The van der Waals surface area contributed by atoms with E-state index in [1.165, 1.54) is 0 Å². The molecule has 0 aromatic heterocycles. The van der Waals surface area contributed by atoms with Crippen molar-refractivity contribution >= 4 is 17.5 Å². The maximum Gasteiger partial charge on any atom is 0.418 e. The molecule has 0 bridgehead atoms. The van der Waals surface area contributed by atoms with E-state index in [9.17, 15) is 35.9 Å². The molecule has 0 spiro atoms. The zero-order chi connectivity index (χ0) is 27.0. The maximum atomic E-state index is 13.6. The summed E-state index contributed by atoms with van der Waals surface area (Å²) in [5.41, 5.74) is -3.36. The average Bonchev–Trinajstić information content (AvgIpc) is 3.15. The first-order valence-electron chi connectivity index (χ1n) is 12.4. The Morgan fingerprint density at radius 1 is 1.03 bits per heavy atom. The molecule has 10 heteroatoms. The molecule has 3 aliphatic carbocycles. The van der Waals surface area contributed by atoms with Gasteiger partial charge in [-0.25, -0.2) is 0 Å². The monoisotopic (exact) mass is 526 g/mol. The van der Waals surface area contributed by atoms with E-state index < -0.39 is 46.4 Å². The van der Waals surface area contributed by atoms with E-state index >= 15 is 0 Å². The van der Waals surface area contributed by atoms with E-state index in [2.05, 4.69) is 17.6 Å². The van der Waals surface area contributed by atoms with E-state index in [1.807, 2.05) is 19.1 Å². The highest BCUT2D eigenvalue weighted by Gasteiger charge is 2.59. The summed E-state index contributed by atoms with van der Waals surface area (Å²) in [5, 5.41) is 5.18. The predicted molar refractivity (Wildman–Crippen MR) is 124 cm³/mol. The quantitative estimate of drug-likeness (QED) is 0.422. The maximum absolute atomic E-state index is 13.6. The molecule has 1 heterocycles. The molecule has 0 radical (unpaired) electrons. The molecule has 1 aromatic carbocycles. The fraction of sp³-hybridized carbons (Fsp3) is 0.556. The molecular formula is C27H28F6N2O2. The third kappa shape index (κ3) is 4.16. The van der Waals surface area contributed by atoms with Crippen LogP contribution in [0.15, 0.2) is 42.1 Å². The number of halogens is 6. The van der Waals surface area contributed by atoms with E-state index in [4.69, 9.17) is 0 Å². The lowest BCUT2D eigenvalue weighted by atomic mass is 9.50. The van der Waals surface area contributed by atoms with Gasteiger partial charge in [0.25, 0.3) is 0 Å². The van der Waals surface area contributed by atoms with Gasteiger partial charge in [-0.15, -0.1) is 0 Å². The number of alkyl halides is 6. The lowest BCUT2D eigenvalue weighted by molar-refractivity contribution is -0.141. The number of hydrogen-bond donors (Lipinski definition) is 2. The van der Waals surface area contributed by atoms with Crippen molar-refractivity contribution in [3.8, 4) is 0 Å². The number of allylic oxidation sites excluding steroid dienone is 2. The SMILES string of the molecule is C[C@]12CC[C@H]3[C@@H](CC=C4NC(=O)C=C[C@@]43C)[C@@H]1CC[C@@H]2C(=O)Nc1cc(C(F)(F)F)ccc1C(F)(F)F. The molecule has 0 saturated heterocycles. The fourth-order valence-electron chi connectivity index (χ4n) is 7.58. The van der Waals surface area contributed by atoms with Gasteiger partial charge in [0.15, 0.2) is 0 Å². The largest absolute Gasteiger partial charge is 0.418 e. The smallest absolute Gasteiger partial charge is 0.326 e. The Hall–Kier alpha value is -2.78. The van der Waals surface area contributed by atoms with Gasteiger partial charge in [-0.2, -0.15) is 26.3 Å². The first kappa shape index (κ1) is 25.9. The van der Waals surface area contributed by atoms with E-state index in [-0.39, 0.29) is 29.1 Å². The Kier molecular flexibility index (Phi) is 5.84. The second-order valence-corrected chi connectivity index (χ2v) is 11.3. The van der Waals surface area contributed by atoms with Crippen LogP contribution in [-0.4, -0.2) is 11.8 Å². The van der Waals surface area contributed by atoms with Gasteiger partial charge in [0, 0.05) is 23.1 Å². The number of fused-ring (bicyclic) bond motifs is 5. The second kappa shape index (κ2) is 8.36. The molecule has 1 aromatic rings. The van der Waals surface area contributed by atoms with Crippen LogP contribution in [0.3, 0.4) is 0 Å². The highest BCUT2D eigenvalue weighted by atomic mass is 19.4. The lowest BCUT2D eigenvalue weighted by Gasteiger charge is -2.55. The first-order chi connectivity index (χ1) is 17.1. The molecule has 200 valence electrons. The van der Waals surface area contributed by atoms with E-state index in [0.29, 0.717) is 37.5 Å². The Morgan fingerprint density at radius 2 is 1.76 bits per heavy atom. The molecular weight excluding hydrogens is 498 g/mol. The zero-order valence-corrected chi connectivity index (χ0v) is 20.4. The molecule has 4 aliphatic rings. The normalized spacial score (nSPS) is 35.1. The van der Waals surface area contributed by atoms with Crippen LogP contribution >= 0.6 is 0 Å². The van der Waals surface area contributed by atoms with Crippen LogP contribution in [0.25, 0.3) is 0 Å². The predicted octanol–water partition coefficient (Wildman–Crippen LogP) is 6.70. The summed E-state index contributed by atoms with van der Waals surface area (Å²) in [4.78, 5) is 25.2. The molecule has 2 amide bonds. The van der Waals surface area contributed by atoms with Gasteiger partial charge in [-0.3, -0.25) is 9.59 Å². The van der Waals surface area contributed by atoms with Crippen molar-refractivity contribution in [1.82, 2.24) is 5.32 Å². The molecule has 2 N–H and O–H groups in total. The number of benzene rings is 1. The lowest BCUT2D eigenvalue weighted by Crippen LogP contribution is -2.52. The van der Waals surface area contributed by atoms with E-state index in [1.54, 1.807) is 6.08 Å². The Bertz CT molecular complexity index is 1200. The molecule has 1 aliphatic heterocycles. The summed E-state index contributed by atoms with van der Waals surface area (Å²) in [5.74, 6) is -0.849. The van der Waals surface area contributed by atoms with Crippen LogP contribution < -0.4 is 10.6 Å². The molecule has 5 rings (SSSR count). The third-order valence-corrected chi connectivity index (χ3v) is 9.45.